The number of Topliss-reactive ketones (excluding diaryl/α,β-unsaturated/α-hetero) is 1. The highest BCUT2D eigenvalue weighted by Gasteiger charge is 2.56. The highest BCUT2D eigenvalue weighted by Crippen LogP contribution is 2.42. The van der Waals surface area contributed by atoms with Gasteiger partial charge in [-0.3, -0.25) is 4.79 Å². The van der Waals surface area contributed by atoms with Crippen LogP contribution >= 0.6 is 0 Å². The van der Waals surface area contributed by atoms with Crippen LogP contribution in [-0.2, 0) is 4.74 Å². The van der Waals surface area contributed by atoms with E-state index in [9.17, 15) is 9.90 Å². The zero-order valence-electron chi connectivity index (χ0n) is 15.3. The second kappa shape index (κ2) is 6.76. The van der Waals surface area contributed by atoms with Gasteiger partial charge in [-0.1, -0.05) is 35.9 Å². The second-order valence-corrected chi connectivity index (χ2v) is 7.04. The molecule has 0 spiro atoms. The van der Waals surface area contributed by atoms with Crippen molar-refractivity contribution >= 4 is 23.0 Å². The fraction of sp³-hybridized carbons (Fsp3) is 0.273. The molecule has 2 atom stereocenters. The monoisotopic (exact) mass is 362 g/mol. The van der Waals surface area contributed by atoms with E-state index in [1.165, 1.54) is 0 Å². The zero-order valence-corrected chi connectivity index (χ0v) is 15.3. The number of rotatable bonds is 5. The second-order valence-electron chi connectivity index (χ2n) is 7.04. The molecule has 2 heterocycles. The third kappa shape index (κ3) is 2.89. The van der Waals surface area contributed by atoms with Crippen LogP contribution in [0, 0.1) is 6.92 Å². The van der Waals surface area contributed by atoms with Gasteiger partial charge < -0.3 is 14.7 Å². The molecule has 0 bridgehead atoms. The van der Waals surface area contributed by atoms with Gasteiger partial charge in [0, 0.05) is 17.7 Å². The van der Waals surface area contributed by atoms with Gasteiger partial charge in [0.25, 0.3) is 0 Å². The van der Waals surface area contributed by atoms with Crippen LogP contribution in [0.2, 0.25) is 0 Å². The number of benzene rings is 2. The zero-order chi connectivity index (χ0) is 19.0. The van der Waals surface area contributed by atoms with E-state index in [-0.39, 0.29) is 18.2 Å². The molecule has 27 heavy (non-hydrogen) atoms. The average Bonchev–Trinajstić information content (AvgIpc) is 2.96. The minimum atomic E-state index is -1.64. The van der Waals surface area contributed by atoms with Crippen molar-refractivity contribution in [3.63, 3.8) is 0 Å². The lowest BCUT2D eigenvalue weighted by Gasteiger charge is -2.31. The molecule has 1 N–H and O–H groups in total. The molecule has 1 fully saturated rings. The van der Waals surface area contributed by atoms with Crippen LogP contribution in [0.1, 0.15) is 22.3 Å². The first kappa shape index (κ1) is 17.6. The van der Waals surface area contributed by atoms with Crippen LogP contribution in [0.5, 0.6) is 0 Å². The van der Waals surface area contributed by atoms with Crippen molar-refractivity contribution < 1.29 is 14.6 Å². The van der Waals surface area contributed by atoms with Gasteiger partial charge in [0.15, 0.2) is 5.60 Å². The van der Waals surface area contributed by atoms with Gasteiger partial charge in [0.2, 0.25) is 5.78 Å². The van der Waals surface area contributed by atoms with Crippen LogP contribution in [0.25, 0.3) is 0 Å². The van der Waals surface area contributed by atoms with Crippen molar-refractivity contribution in [1.82, 2.24) is 0 Å². The maximum Gasteiger partial charge on any atom is 0.204 e. The van der Waals surface area contributed by atoms with Gasteiger partial charge in [0.1, 0.15) is 5.84 Å². The van der Waals surface area contributed by atoms with E-state index in [2.05, 4.69) is 6.58 Å². The number of aliphatic hydroxyl groups is 1. The summed E-state index contributed by atoms with van der Waals surface area (Å²) in [7, 11) is 0. The summed E-state index contributed by atoms with van der Waals surface area (Å²) in [5.74, 6) is 0.0839. The summed E-state index contributed by atoms with van der Waals surface area (Å²) in [5, 5.41) is 11.4. The molecule has 1 saturated heterocycles. The Kier molecular flexibility index (Phi) is 4.42. The first-order valence-electron chi connectivity index (χ1n) is 9.04. The third-order valence-corrected chi connectivity index (χ3v) is 5.07. The molecule has 0 aliphatic carbocycles. The minimum Gasteiger partial charge on any atom is -0.375 e. The number of carbonyl (C=O) groups excluding carboxylic acids is 1. The highest BCUT2D eigenvalue weighted by molar-refractivity contribution is 6.28. The van der Waals surface area contributed by atoms with Gasteiger partial charge in [-0.05, 0) is 31.2 Å². The Labute approximate surface area is 158 Å². The lowest BCUT2D eigenvalue weighted by Crippen LogP contribution is -2.49. The molecule has 0 radical (unpaired) electrons. The van der Waals surface area contributed by atoms with Crippen LogP contribution in [0.15, 0.2) is 66.2 Å². The summed E-state index contributed by atoms with van der Waals surface area (Å²) in [5.41, 5.74) is 1.27. The molecule has 0 aromatic heterocycles. The predicted molar refractivity (Wildman–Crippen MR) is 106 cm³/mol. The average molecular weight is 362 g/mol. The smallest absolute Gasteiger partial charge is 0.204 e. The van der Waals surface area contributed by atoms with Crippen molar-refractivity contribution in [2.45, 2.75) is 25.0 Å². The molecule has 2 aliphatic heterocycles. The first-order chi connectivity index (χ1) is 13.0. The van der Waals surface area contributed by atoms with Crippen LogP contribution < -0.4 is 4.90 Å². The predicted octanol–water partition coefficient (Wildman–Crippen LogP) is 3.43. The molecular formula is C22H22N2O3. The highest BCUT2D eigenvalue weighted by atomic mass is 16.5. The number of para-hydroxylation sites is 1. The largest absolute Gasteiger partial charge is 0.375 e. The number of aliphatic imine (C=N–C) groups is 1. The summed E-state index contributed by atoms with van der Waals surface area (Å²) in [6.45, 7) is 6.37. The Balaban J connectivity index is 1.82. The first-order valence-corrected chi connectivity index (χ1v) is 9.04. The molecule has 2 aromatic rings. The van der Waals surface area contributed by atoms with E-state index in [1.807, 2.05) is 54.3 Å². The number of ether oxygens (including phenoxy) is 1. The normalized spacial score (nSPS) is 23.6. The molecule has 2 unspecified atom stereocenters. The summed E-state index contributed by atoms with van der Waals surface area (Å²) >= 11 is 0. The Morgan fingerprint density at radius 3 is 2.85 bits per heavy atom. The number of fused-ring (bicyclic) bond motifs is 2. The maximum absolute atomic E-state index is 13.2. The molecule has 0 amide bonds. The van der Waals surface area contributed by atoms with Crippen molar-refractivity contribution in [2.75, 3.05) is 18.1 Å². The van der Waals surface area contributed by atoms with Crippen molar-refractivity contribution in [3.8, 4) is 0 Å². The minimum absolute atomic E-state index is 0.199. The number of hydrogen-bond donors (Lipinski definition) is 1. The lowest BCUT2D eigenvalue weighted by atomic mass is 9.86. The molecule has 5 heteroatoms. The Morgan fingerprint density at radius 2 is 2.11 bits per heavy atom. The SMILES string of the molecule is C=CCOCC1CC2(O)C(=O)c3cc(C)ccc3N=C2N1c1ccccc1. The molecule has 138 valence electrons. The number of amidine groups is 1. The van der Waals surface area contributed by atoms with E-state index in [0.717, 1.165) is 11.3 Å². The van der Waals surface area contributed by atoms with E-state index < -0.39 is 5.60 Å². The van der Waals surface area contributed by atoms with E-state index in [1.54, 1.807) is 12.1 Å². The number of aryl methyl sites for hydroxylation is 1. The van der Waals surface area contributed by atoms with Crippen LogP contribution in [0.4, 0.5) is 11.4 Å². The summed E-state index contributed by atoms with van der Waals surface area (Å²) in [6, 6.07) is 15.0. The number of carbonyl (C=O) groups is 1. The molecule has 2 aromatic carbocycles. The lowest BCUT2D eigenvalue weighted by molar-refractivity contribution is 0.0551. The molecule has 0 saturated carbocycles. The molecule has 2 aliphatic rings. The standard InChI is InChI=1S/C22H22N2O3/c1-3-11-27-14-17-13-22(26)20(25)18-12-15(2)9-10-19(18)23-21(22)24(17)16-7-5-4-6-8-16/h3-10,12,17,26H,1,11,13-14H2,2H3. The maximum atomic E-state index is 13.2. The number of hydrogen-bond acceptors (Lipinski definition) is 5. The summed E-state index contributed by atoms with van der Waals surface area (Å²) < 4.78 is 5.66. The van der Waals surface area contributed by atoms with Crippen LogP contribution in [-0.4, -0.2) is 41.6 Å². The summed E-state index contributed by atoms with van der Waals surface area (Å²) in [6.07, 6.45) is 1.93. The van der Waals surface area contributed by atoms with Crippen molar-refractivity contribution in [3.05, 3.63) is 72.3 Å². The number of anilines is 1. The van der Waals surface area contributed by atoms with Gasteiger partial charge in [-0.25, -0.2) is 4.99 Å². The quantitative estimate of drug-likeness (QED) is 0.654. The Morgan fingerprint density at radius 1 is 1.33 bits per heavy atom. The van der Waals surface area contributed by atoms with Crippen LogP contribution in [0.3, 0.4) is 0 Å². The number of nitrogens with zero attached hydrogens (tertiary/aromatic N) is 2. The Hall–Kier alpha value is -2.76. The number of ketones is 1. The topological polar surface area (TPSA) is 62.1 Å². The van der Waals surface area contributed by atoms with Crippen molar-refractivity contribution in [2.24, 2.45) is 4.99 Å². The molecule has 5 nitrogen and oxygen atoms in total. The van der Waals surface area contributed by atoms with Gasteiger partial charge in [-0.15, -0.1) is 6.58 Å². The fourth-order valence-electron chi connectivity index (χ4n) is 3.85. The van der Waals surface area contributed by atoms with E-state index >= 15 is 0 Å². The van der Waals surface area contributed by atoms with Gasteiger partial charge in [-0.2, -0.15) is 0 Å². The van der Waals surface area contributed by atoms with Gasteiger partial charge >= 0.3 is 0 Å². The van der Waals surface area contributed by atoms with E-state index in [0.29, 0.717) is 30.3 Å². The summed E-state index contributed by atoms with van der Waals surface area (Å²) in [4.78, 5) is 19.8. The molecule has 4 rings (SSSR count). The Bertz CT molecular complexity index is 922. The van der Waals surface area contributed by atoms with Crippen molar-refractivity contribution in [1.29, 1.82) is 0 Å². The van der Waals surface area contributed by atoms with E-state index in [4.69, 9.17) is 9.73 Å². The molecular weight excluding hydrogens is 340 g/mol. The third-order valence-electron chi connectivity index (χ3n) is 5.07. The fourth-order valence-corrected chi connectivity index (χ4v) is 3.85. The van der Waals surface area contributed by atoms with Gasteiger partial charge in [0.05, 0.1) is 24.9 Å².